The van der Waals surface area contributed by atoms with E-state index in [0.717, 1.165) is 46.8 Å². The number of hydrogen-bond acceptors (Lipinski definition) is 3. The fourth-order valence-corrected chi connectivity index (χ4v) is 2.40. The van der Waals surface area contributed by atoms with E-state index in [2.05, 4.69) is 44.3 Å². The number of pyridine rings is 1. The lowest BCUT2D eigenvalue weighted by atomic mass is 10.2. The van der Waals surface area contributed by atoms with Gasteiger partial charge in [0.05, 0.1) is 0 Å². The SMILES string of the molecule is CCCc1nc(-c2cncc(Br)c2)c(N)n1CC. The number of aryl methyl sites for hydroxylation is 1. The second-order valence-corrected chi connectivity index (χ2v) is 5.06. The summed E-state index contributed by atoms with van der Waals surface area (Å²) in [6, 6.07) is 1.99. The summed E-state index contributed by atoms with van der Waals surface area (Å²) in [4.78, 5) is 8.82. The zero-order chi connectivity index (χ0) is 13.1. The molecule has 96 valence electrons. The van der Waals surface area contributed by atoms with Gasteiger partial charge in [0.25, 0.3) is 0 Å². The van der Waals surface area contributed by atoms with Gasteiger partial charge in [0.15, 0.2) is 0 Å². The maximum absolute atomic E-state index is 6.18. The molecule has 0 radical (unpaired) electrons. The van der Waals surface area contributed by atoms with Gasteiger partial charge in [-0.2, -0.15) is 0 Å². The van der Waals surface area contributed by atoms with Crippen LogP contribution in [0.25, 0.3) is 11.3 Å². The molecular formula is C13H17BrN4. The minimum absolute atomic E-state index is 0.723. The van der Waals surface area contributed by atoms with E-state index < -0.39 is 0 Å². The van der Waals surface area contributed by atoms with E-state index in [1.165, 1.54) is 0 Å². The second-order valence-electron chi connectivity index (χ2n) is 4.15. The van der Waals surface area contributed by atoms with E-state index in [-0.39, 0.29) is 0 Å². The number of nitrogens with two attached hydrogens (primary N) is 1. The van der Waals surface area contributed by atoms with Crippen molar-refractivity contribution in [1.29, 1.82) is 0 Å². The van der Waals surface area contributed by atoms with Gasteiger partial charge in [0.1, 0.15) is 17.3 Å². The zero-order valence-corrected chi connectivity index (χ0v) is 12.2. The Morgan fingerprint density at radius 1 is 1.33 bits per heavy atom. The van der Waals surface area contributed by atoms with Crippen LogP contribution >= 0.6 is 15.9 Å². The molecule has 0 aromatic carbocycles. The highest BCUT2D eigenvalue weighted by Gasteiger charge is 2.14. The molecule has 0 aliphatic rings. The molecular weight excluding hydrogens is 292 g/mol. The molecule has 2 aromatic rings. The Hall–Kier alpha value is -1.36. The van der Waals surface area contributed by atoms with Crippen LogP contribution in [0.4, 0.5) is 5.82 Å². The number of halogens is 1. The van der Waals surface area contributed by atoms with Gasteiger partial charge < -0.3 is 10.3 Å². The summed E-state index contributed by atoms with van der Waals surface area (Å²) in [5.41, 5.74) is 7.96. The Morgan fingerprint density at radius 2 is 2.11 bits per heavy atom. The summed E-state index contributed by atoms with van der Waals surface area (Å²) < 4.78 is 3.00. The maximum Gasteiger partial charge on any atom is 0.131 e. The highest BCUT2D eigenvalue weighted by molar-refractivity contribution is 9.10. The lowest BCUT2D eigenvalue weighted by molar-refractivity contribution is 0.690. The van der Waals surface area contributed by atoms with Crippen LogP contribution < -0.4 is 5.73 Å². The van der Waals surface area contributed by atoms with Crippen molar-refractivity contribution in [2.45, 2.75) is 33.2 Å². The highest BCUT2D eigenvalue weighted by atomic mass is 79.9. The lowest BCUT2D eigenvalue weighted by Crippen LogP contribution is -2.05. The average molecular weight is 309 g/mol. The Morgan fingerprint density at radius 3 is 2.72 bits per heavy atom. The number of rotatable bonds is 4. The largest absolute Gasteiger partial charge is 0.383 e. The number of nitrogen functional groups attached to an aromatic ring is 1. The van der Waals surface area contributed by atoms with E-state index >= 15 is 0 Å². The van der Waals surface area contributed by atoms with Crippen LogP contribution in [0, 0.1) is 0 Å². The Bertz CT molecular complexity index is 548. The molecule has 18 heavy (non-hydrogen) atoms. The predicted molar refractivity (Wildman–Crippen MR) is 77.2 cm³/mol. The van der Waals surface area contributed by atoms with Crippen molar-refractivity contribution < 1.29 is 0 Å². The zero-order valence-electron chi connectivity index (χ0n) is 10.7. The van der Waals surface area contributed by atoms with Crippen molar-refractivity contribution in [3.05, 3.63) is 28.8 Å². The van der Waals surface area contributed by atoms with Crippen molar-refractivity contribution in [2.75, 3.05) is 5.73 Å². The molecule has 2 N–H and O–H groups in total. The first kappa shape index (κ1) is 13.1. The Balaban J connectivity index is 2.51. The smallest absolute Gasteiger partial charge is 0.131 e. The Kier molecular flexibility index (Phi) is 4.01. The van der Waals surface area contributed by atoms with Gasteiger partial charge in [-0.3, -0.25) is 4.98 Å². The van der Waals surface area contributed by atoms with E-state index in [1.54, 1.807) is 12.4 Å². The number of aromatic nitrogens is 3. The first-order valence-corrected chi connectivity index (χ1v) is 6.92. The fraction of sp³-hybridized carbons (Fsp3) is 0.385. The van der Waals surface area contributed by atoms with Crippen molar-refractivity contribution in [3.8, 4) is 11.3 Å². The molecule has 5 heteroatoms. The highest BCUT2D eigenvalue weighted by Crippen LogP contribution is 2.28. The molecule has 0 aliphatic heterocycles. The third kappa shape index (κ3) is 2.41. The van der Waals surface area contributed by atoms with E-state index in [9.17, 15) is 0 Å². The molecule has 0 bridgehead atoms. The molecule has 0 fully saturated rings. The van der Waals surface area contributed by atoms with Crippen molar-refractivity contribution in [1.82, 2.24) is 14.5 Å². The standard InChI is InChI=1S/C13H17BrN4/c1-3-5-11-17-12(13(15)18(11)4-2)9-6-10(14)8-16-7-9/h6-8H,3-5,15H2,1-2H3. The van der Waals surface area contributed by atoms with Gasteiger partial charge in [-0.15, -0.1) is 0 Å². The monoisotopic (exact) mass is 308 g/mol. The third-order valence-corrected chi connectivity index (χ3v) is 3.29. The lowest BCUT2D eigenvalue weighted by Gasteiger charge is -2.05. The first-order valence-electron chi connectivity index (χ1n) is 6.13. The summed E-state index contributed by atoms with van der Waals surface area (Å²) in [5, 5.41) is 0. The van der Waals surface area contributed by atoms with Gasteiger partial charge in [0, 0.05) is 35.4 Å². The van der Waals surface area contributed by atoms with Crippen LogP contribution in [0.3, 0.4) is 0 Å². The molecule has 2 aromatic heterocycles. The van der Waals surface area contributed by atoms with Gasteiger partial charge >= 0.3 is 0 Å². The maximum atomic E-state index is 6.18. The molecule has 0 atom stereocenters. The number of anilines is 1. The summed E-state index contributed by atoms with van der Waals surface area (Å²) in [5.74, 6) is 1.77. The van der Waals surface area contributed by atoms with Gasteiger partial charge in [-0.1, -0.05) is 6.92 Å². The first-order chi connectivity index (χ1) is 8.67. The molecule has 0 aliphatic carbocycles. The van der Waals surface area contributed by atoms with Gasteiger partial charge in [-0.25, -0.2) is 4.98 Å². The minimum Gasteiger partial charge on any atom is -0.383 e. The molecule has 0 amide bonds. The molecule has 0 saturated carbocycles. The molecule has 2 rings (SSSR count). The normalized spacial score (nSPS) is 10.8. The minimum atomic E-state index is 0.723. The second kappa shape index (κ2) is 5.52. The predicted octanol–water partition coefficient (Wildman–Crippen LogP) is 3.26. The summed E-state index contributed by atoms with van der Waals surface area (Å²) in [6.07, 6.45) is 5.55. The quantitative estimate of drug-likeness (QED) is 0.943. The van der Waals surface area contributed by atoms with E-state index in [4.69, 9.17) is 5.73 Å². The van der Waals surface area contributed by atoms with Crippen molar-refractivity contribution in [3.63, 3.8) is 0 Å². The average Bonchev–Trinajstić information content (AvgIpc) is 2.66. The fourth-order valence-electron chi connectivity index (χ4n) is 2.03. The van der Waals surface area contributed by atoms with Gasteiger partial charge in [-0.05, 0) is 35.3 Å². The van der Waals surface area contributed by atoms with Crippen molar-refractivity contribution in [2.24, 2.45) is 0 Å². The number of imidazole rings is 1. The van der Waals surface area contributed by atoms with Crippen LogP contribution in [-0.2, 0) is 13.0 Å². The van der Waals surface area contributed by atoms with Crippen LogP contribution in [0.2, 0.25) is 0 Å². The van der Waals surface area contributed by atoms with Crippen LogP contribution in [0.1, 0.15) is 26.1 Å². The summed E-state index contributed by atoms with van der Waals surface area (Å²) in [6.45, 7) is 5.07. The molecule has 0 spiro atoms. The molecule has 2 heterocycles. The van der Waals surface area contributed by atoms with Crippen LogP contribution in [0.5, 0.6) is 0 Å². The summed E-state index contributed by atoms with van der Waals surface area (Å²) in [7, 11) is 0. The van der Waals surface area contributed by atoms with Crippen LogP contribution in [0.15, 0.2) is 22.9 Å². The molecule has 0 unspecified atom stereocenters. The third-order valence-electron chi connectivity index (χ3n) is 2.85. The van der Waals surface area contributed by atoms with Gasteiger partial charge in [0.2, 0.25) is 0 Å². The van der Waals surface area contributed by atoms with E-state index in [0.29, 0.717) is 0 Å². The van der Waals surface area contributed by atoms with Crippen molar-refractivity contribution >= 4 is 21.7 Å². The Labute approximate surface area is 115 Å². The topological polar surface area (TPSA) is 56.7 Å². The number of nitrogens with zero attached hydrogens (tertiary/aromatic N) is 3. The number of hydrogen-bond donors (Lipinski definition) is 1. The molecule has 4 nitrogen and oxygen atoms in total. The van der Waals surface area contributed by atoms with E-state index in [1.807, 2.05) is 6.07 Å². The summed E-state index contributed by atoms with van der Waals surface area (Å²) >= 11 is 3.42. The van der Waals surface area contributed by atoms with Crippen LogP contribution in [-0.4, -0.2) is 14.5 Å². The molecule has 0 saturated heterocycles.